The van der Waals surface area contributed by atoms with E-state index in [1.165, 1.54) is 12.1 Å². The summed E-state index contributed by atoms with van der Waals surface area (Å²) in [5, 5.41) is -0.00371. The maximum Gasteiger partial charge on any atom is 0.229 e. The Morgan fingerprint density at radius 3 is 2.85 bits per heavy atom. The van der Waals surface area contributed by atoms with Gasteiger partial charge in [0.05, 0.1) is 15.1 Å². The molecule has 0 bridgehead atoms. The second-order valence-corrected chi connectivity index (χ2v) is 5.67. The SMILES string of the molecule is Cc1ccnc(Oc2cc(F)c(Cl)cc2Br)c1C(N)=S. The largest absolute Gasteiger partial charge is 0.437 e. The van der Waals surface area contributed by atoms with Gasteiger partial charge in [0.15, 0.2) is 0 Å². The lowest BCUT2D eigenvalue weighted by atomic mass is 10.1. The Morgan fingerprint density at radius 1 is 1.50 bits per heavy atom. The van der Waals surface area contributed by atoms with E-state index in [0.717, 1.165) is 5.56 Å². The number of aryl methyl sites for hydroxylation is 1. The summed E-state index contributed by atoms with van der Waals surface area (Å²) in [4.78, 5) is 4.25. The van der Waals surface area contributed by atoms with Gasteiger partial charge in [0.1, 0.15) is 16.6 Å². The standard InChI is InChI=1S/C13H9BrClFN2OS/c1-6-2-3-18-13(11(6)12(17)20)19-10-5-9(16)8(15)4-7(10)14/h2-5H,1H3,(H2,17,20). The molecule has 0 radical (unpaired) electrons. The summed E-state index contributed by atoms with van der Waals surface area (Å²) in [6.07, 6.45) is 1.56. The van der Waals surface area contributed by atoms with E-state index >= 15 is 0 Å². The Morgan fingerprint density at radius 2 is 2.20 bits per heavy atom. The zero-order valence-electron chi connectivity index (χ0n) is 10.3. The first-order valence-electron chi connectivity index (χ1n) is 5.48. The van der Waals surface area contributed by atoms with Crippen LogP contribution in [0.1, 0.15) is 11.1 Å². The van der Waals surface area contributed by atoms with E-state index in [9.17, 15) is 4.39 Å². The van der Waals surface area contributed by atoms with Crippen molar-refractivity contribution in [1.29, 1.82) is 0 Å². The van der Waals surface area contributed by atoms with Crippen LogP contribution in [0.2, 0.25) is 5.02 Å². The van der Waals surface area contributed by atoms with Crippen LogP contribution < -0.4 is 10.5 Å². The van der Waals surface area contributed by atoms with Crippen molar-refractivity contribution in [3.05, 3.63) is 50.8 Å². The molecule has 1 heterocycles. The van der Waals surface area contributed by atoms with E-state index in [-0.39, 0.29) is 21.6 Å². The molecule has 2 rings (SSSR count). The molecule has 0 fully saturated rings. The molecule has 1 aromatic carbocycles. The highest BCUT2D eigenvalue weighted by Gasteiger charge is 2.15. The number of aromatic nitrogens is 1. The number of halogens is 3. The van der Waals surface area contributed by atoms with Crippen LogP contribution in [0.15, 0.2) is 28.9 Å². The zero-order valence-corrected chi connectivity index (χ0v) is 13.4. The fourth-order valence-electron chi connectivity index (χ4n) is 1.60. The molecule has 0 spiro atoms. The van der Waals surface area contributed by atoms with Crippen molar-refractivity contribution in [3.8, 4) is 11.6 Å². The molecule has 0 aliphatic rings. The minimum atomic E-state index is -0.589. The van der Waals surface area contributed by atoms with Gasteiger partial charge < -0.3 is 10.5 Å². The van der Waals surface area contributed by atoms with Crippen molar-refractivity contribution >= 4 is 44.7 Å². The van der Waals surface area contributed by atoms with Gasteiger partial charge in [-0.05, 0) is 40.5 Å². The summed E-state index contributed by atoms with van der Waals surface area (Å²) in [7, 11) is 0. The van der Waals surface area contributed by atoms with Crippen LogP contribution in [-0.2, 0) is 0 Å². The minimum absolute atomic E-state index is 0.00371. The highest BCUT2D eigenvalue weighted by Crippen LogP contribution is 2.34. The normalized spacial score (nSPS) is 10.4. The van der Waals surface area contributed by atoms with E-state index in [1.54, 1.807) is 12.3 Å². The van der Waals surface area contributed by atoms with Gasteiger partial charge in [0, 0.05) is 12.3 Å². The molecule has 2 aromatic rings. The number of nitrogens with two attached hydrogens (primary N) is 1. The number of hydrogen-bond acceptors (Lipinski definition) is 3. The van der Waals surface area contributed by atoms with Crippen molar-refractivity contribution in [2.45, 2.75) is 6.92 Å². The first kappa shape index (κ1) is 15.2. The number of nitrogens with zero attached hydrogens (tertiary/aromatic N) is 1. The maximum atomic E-state index is 13.5. The van der Waals surface area contributed by atoms with Gasteiger partial charge in [-0.15, -0.1) is 0 Å². The van der Waals surface area contributed by atoms with Gasteiger partial charge in [0.25, 0.3) is 0 Å². The molecule has 0 saturated heterocycles. The molecule has 1 aromatic heterocycles. The van der Waals surface area contributed by atoms with E-state index < -0.39 is 5.82 Å². The van der Waals surface area contributed by atoms with Gasteiger partial charge in [-0.2, -0.15) is 0 Å². The first-order valence-corrected chi connectivity index (χ1v) is 7.06. The fraction of sp³-hybridized carbons (Fsp3) is 0.0769. The molecule has 0 aliphatic carbocycles. The second-order valence-electron chi connectivity index (χ2n) is 3.97. The summed E-state index contributed by atoms with van der Waals surface area (Å²) in [5.74, 6) is -0.128. The maximum absolute atomic E-state index is 13.5. The predicted molar refractivity (Wildman–Crippen MR) is 84.0 cm³/mol. The van der Waals surface area contributed by atoms with E-state index in [4.69, 9.17) is 34.3 Å². The number of thiocarbonyl (C=S) groups is 1. The average molecular weight is 376 g/mol. The van der Waals surface area contributed by atoms with E-state index in [2.05, 4.69) is 20.9 Å². The van der Waals surface area contributed by atoms with Gasteiger partial charge in [-0.1, -0.05) is 23.8 Å². The number of benzene rings is 1. The number of pyridine rings is 1. The Kier molecular flexibility index (Phi) is 4.57. The number of hydrogen-bond donors (Lipinski definition) is 1. The van der Waals surface area contributed by atoms with Gasteiger partial charge in [-0.25, -0.2) is 9.37 Å². The van der Waals surface area contributed by atoms with Gasteiger partial charge in [-0.3, -0.25) is 0 Å². The van der Waals surface area contributed by atoms with Crippen molar-refractivity contribution in [2.24, 2.45) is 5.73 Å². The lowest BCUT2D eigenvalue weighted by Gasteiger charge is -2.12. The summed E-state index contributed by atoms with van der Waals surface area (Å²) >= 11 is 13.9. The third-order valence-corrected chi connectivity index (χ3v) is 3.67. The van der Waals surface area contributed by atoms with Crippen LogP contribution in [-0.4, -0.2) is 9.97 Å². The van der Waals surface area contributed by atoms with Crippen LogP contribution in [0.25, 0.3) is 0 Å². The summed E-state index contributed by atoms with van der Waals surface area (Å²) < 4.78 is 19.6. The molecular formula is C13H9BrClFN2OS. The third kappa shape index (κ3) is 3.08. The van der Waals surface area contributed by atoms with Crippen molar-refractivity contribution in [3.63, 3.8) is 0 Å². The van der Waals surface area contributed by atoms with Crippen LogP contribution in [0, 0.1) is 12.7 Å². The molecule has 0 aliphatic heterocycles. The van der Waals surface area contributed by atoms with Crippen LogP contribution in [0.5, 0.6) is 11.6 Å². The smallest absolute Gasteiger partial charge is 0.229 e. The molecular weight excluding hydrogens is 367 g/mol. The van der Waals surface area contributed by atoms with Crippen LogP contribution >= 0.6 is 39.7 Å². The molecule has 104 valence electrons. The lowest BCUT2D eigenvalue weighted by molar-refractivity contribution is 0.454. The lowest BCUT2D eigenvalue weighted by Crippen LogP contribution is -2.13. The highest BCUT2D eigenvalue weighted by molar-refractivity contribution is 9.10. The Balaban J connectivity index is 2.48. The first-order chi connectivity index (χ1) is 9.40. The van der Waals surface area contributed by atoms with Crippen LogP contribution in [0.4, 0.5) is 4.39 Å². The summed E-state index contributed by atoms with van der Waals surface area (Å²) in [6.45, 7) is 1.83. The Hall–Kier alpha value is -1.24. The Bertz CT molecular complexity index is 696. The molecule has 3 nitrogen and oxygen atoms in total. The quantitative estimate of drug-likeness (QED) is 0.639. The zero-order chi connectivity index (χ0) is 14.9. The second kappa shape index (κ2) is 6.03. The average Bonchev–Trinajstić information content (AvgIpc) is 2.35. The minimum Gasteiger partial charge on any atom is -0.437 e. The summed E-state index contributed by atoms with van der Waals surface area (Å²) in [6, 6.07) is 4.33. The molecule has 20 heavy (non-hydrogen) atoms. The topological polar surface area (TPSA) is 48.1 Å². The molecule has 2 N–H and O–H groups in total. The summed E-state index contributed by atoms with van der Waals surface area (Å²) in [5.41, 5.74) is 7.01. The highest BCUT2D eigenvalue weighted by atomic mass is 79.9. The number of rotatable bonds is 3. The monoisotopic (exact) mass is 374 g/mol. The molecule has 7 heteroatoms. The molecule has 0 atom stereocenters. The Labute approximate surface area is 134 Å². The number of ether oxygens (including phenoxy) is 1. The molecule has 0 amide bonds. The van der Waals surface area contributed by atoms with Crippen molar-refractivity contribution < 1.29 is 9.13 Å². The van der Waals surface area contributed by atoms with Crippen molar-refractivity contribution in [2.75, 3.05) is 0 Å². The molecule has 0 unspecified atom stereocenters. The third-order valence-electron chi connectivity index (χ3n) is 2.55. The van der Waals surface area contributed by atoms with Gasteiger partial charge in [0.2, 0.25) is 5.88 Å². The van der Waals surface area contributed by atoms with E-state index in [0.29, 0.717) is 10.0 Å². The van der Waals surface area contributed by atoms with Crippen LogP contribution in [0.3, 0.4) is 0 Å². The predicted octanol–water partition coefficient (Wildman–Crippen LogP) is 4.37. The van der Waals surface area contributed by atoms with Crippen molar-refractivity contribution in [1.82, 2.24) is 4.98 Å². The van der Waals surface area contributed by atoms with E-state index in [1.807, 2.05) is 6.92 Å². The molecule has 0 saturated carbocycles. The fourth-order valence-corrected chi connectivity index (χ4v) is 2.57. The van der Waals surface area contributed by atoms with Gasteiger partial charge >= 0.3 is 0 Å².